The van der Waals surface area contributed by atoms with Crippen molar-refractivity contribution in [1.82, 2.24) is 29.8 Å². The van der Waals surface area contributed by atoms with Gasteiger partial charge in [0.05, 0.1) is 23.6 Å². The Kier molecular flexibility index (Phi) is 4.94. The summed E-state index contributed by atoms with van der Waals surface area (Å²) in [5.74, 6) is 1.27. The third kappa shape index (κ3) is 3.57. The Labute approximate surface area is 181 Å². The molecule has 0 saturated carbocycles. The van der Waals surface area contributed by atoms with Gasteiger partial charge in [-0.25, -0.2) is 9.97 Å². The van der Waals surface area contributed by atoms with Crippen molar-refractivity contribution in [2.45, 2.75) is 32.7 Å². The number of hydrogen-bond acceptors (Lipinski definition) is 7. The second-order valence-electron chi connectivity index (χ2n) is 8.59. The highest BCUT2D eigenvalue weighted by molar-refractivity contribution is 6.06. The van der Waals surface area contributed by atoms with E-state index in [4.69, 9.17) is 4.98 Å². The predicted octanol–water partition coefficient (Wildman–Crippen LogP) is 3.67. The lowest BCUT2D eigenvalue weighted by molar-refractivity contribution is 0.362. The number of aromatic nitrogens is 5. The SMILES string of the molecule is CCC(C)(C)n1c2cnccc2c2cnc(Nc3ccc(N4CCNCC4)cn3)nc21. The van der Waals surface area contributed by atoms with E-state index in [-0.39, 0.29) is 5.54 Å². The van der Waals surface area contributed by atoms with Crippen LogP contribution in [0.25, 0.3) is 21.9 Å². The quantitative estimate of drug-likeness (QED) is 0.513. The van der Waals surface area contributed by atoms with Crippen molar-refractivity contribution in [1.29, 1.82) is 0 Å². The second kappa shape index (κ2) is 7.77. The molecule has 1 fully saturated rings. The Balaban J connectivity index is 1.50. The molecule has 1 aliphatic heterocycles. The van der Waals surface area contributed by atoms with E-state index < -0.39 is 0 Å². The maximum absolute atomic E-state index is 4.89. The van der Waals surface area contributed by atoms with Crippen molar-refractivity contribution >= 4 is 39.4 Å². The van der Waals surface area contributed by atoms with E-state index in [9.17, 15) is 0 Å². The van der Waals surface area contributed by atoms with Crippen molar-refractivity contribution in [2.24, 2.45) is 0 Å². The molecule has 4 aromatic heterocycles. The molecule has 0 bridgehead atoms. The number of nitrogens with one attached hydrogen (secondary N) is 2. The van der Waals surface area contributed by atoms with Gasteiger partial charge >= 0.3 is 0 Å². The summed E-state index contributed by atoms with van der Waals surface area (Å²) in [5, 5.41) is 8.80. The summed E-state index contributed by atoms with van der Waals surface area (Å²) in [4.78, 5) is 20.7. The maximum atomic E-state index is 4.89. The van der Waals surface area contributed by atoms with E-state index in [1.165, 1.54) is 0 Å². The van der Waals surface area contributed by atoms with Crippen LogP contribution in [-0.4, -0.2) is 50.7 Å². The number of hydrogen-bond donors (Lipinski definition) is 2. The van der Waals surface area contributed by atoms with Gasteiger partial charge in [-0.2, -0.15) is 4.98 Å². The molecule has 1 aliphatic rings. The summed E-state index contributed by atoms with van der Waals surface area (Å²) in [7, 11) is 0. The minimum atomic E-state index is -0.0994. The van der Waals surface area contributed by atoms with Crippen LogP contribution in [0, 0.1) is 0 Å². The Morgan fingerprint density at radius 2 is 1.87 bits per heavy atom. The number of fused-ring (bicyclic) bond motifs is 3. The molecule has 0 aromatic carbocycles. The zero-order chi connectivity index (χ0) is 21.4. The fraction of sp³-hybridized carbons (Fsp3) is 0.391. The molecule has 1 saturated heterocycles. The second-order valence-corrected chi connectivity index (χ2v) is 8.59. The summed E-state index contributed by atoms with van der Waals surface area (Å²) in [6.45, 7) is 10.7. The normalized spacial score (nSPS) is 15.0. The third-order valence-corrected chi connectivity index (χ3v) is 6.25. The van der Waals surface area contributed by atoms with Crippen LogP contribution in [0.1, 0.15) is 27.2 Å². The van der Waals surface area contributed by atoms with Gasteiger partial charge in [0.15, 0.2) is 0 Å². The minimum absolute atomic E-state index is 0.0994. The molecule has 5 heterocycles. The summed E-state index contributed by atoms with van der Waals surface area (Å²) < 4.78 is 2.28. The van der Waals surface area contributed by atoms with E-state index in [2.05, 4.69) is 61.9 Å². The molecule has 0 radical (unpaired) electrons. The standard InChI is InChI=1S/C23H28N8/c1-4-23(2,3)31-19-15-25-8-7-17(19)18-14-27-22(29-21(18)31)28-20-6-5-16(13-26-20)30-11-9-24-10-12-30/h5-8,13-15,24H,4,9-12H2,1-3H3,(H,26,27,28,29). The van der Waals surface area contributed by atoms with Gasteiger partial charge < -0.3 is 20.1 Å². The Morgan fingerprint density at radius 3 is 2.61 bits per heavy atom. The molecule has 0 atom stereocenters. The molecule has 0 aliphatic carbocycles. The molecule has 5 rings (SSSR count). The lowest BCUT2D eigenvalue weighted by atomic mass is 10.0. The van der Waals surface area contributed by atoms with Gasteiger partial charge in [-0.05, 0) is 38.5 Å². The average molecular weight is 417 g/mol. The average Bonchev–Trinajstić information content (AvgIpc) is 3.14. The van der Waals surface area contributed by atoms with Gasteiger partial charge in [0.1, 0.15) is 11.5 Å². The number of rotatable bonds is 5. The minimum Gasteiger partial charge on any atom is -0.368 e. The van der Waals surface area contributed by atoms with Gasteiger partial charge in [-0.15, -0.1) is 0 Å². The highest BCUT2D eigenvalue weighted by Crippen LogP contribution is 2.34. The Hall–Kier alpha value is -3.26. The molecule has 31 heavy (non-hydrogen) atoms. The first kappa shape index (κ1) is 19.7. The zero-order valence-corrected chi connectivity index (χ0v) is 18.3. The monoisotopic (exact) mass is 416 g/mol. The van der Waals surface area contributed by atoms with Crippen LogP contribution in [-0.2, 0) is 5.54 Å². The summed E-state index contributed by atoms with van der Waals surface area (Å²) in [6.07, 6.45) is 8.51. The van der Waals surface area contributed by atoms with Crippen LogP contribution < -0.4 is 15.5 Å². The number of nitrogens with zero attached hydrogens (tertiary/aromatic N) is 6. The Morgan fingerprint density at radius 1 is 1.03 bits per heavy atom. The van der Waals surface area contributed by atoms with Crippen molar-refractivity contribution in [3.05, 3.63) is 43.0 Å². The maximum Gasteiger partial charge on any atom is 0.230 e. The third-order valence-electron chi connectivity index (χ3n) is 6.25. The summed E-state index contributed by atoms with van der Waals surface area (Å²) in [5.41, 5.74) is 3.03. The first-order valence-electron chi connectivity index (χ1n) is 10.9. The van der Waals surface area contributed by atoms with Crippen LogP contribution in [0.15, 0.2) is 43.0 Å². The number of pyridine rings is 2. The molecule has 8 nitrogen and oxygen atoms in total. The number of anilines is 3. The number of piperazine rings is 1. The lowest BCUT2D eigenvalue weighted by Crippen LogP contribution is -2.43. The van der Waals surface area contributed by atoms with E-state index in [0.717, 1.165) is 66.0 Å². The van der Waals surface area contributed by atoms with Crippen molar-refractivity contribution in [3.8, 4) is 0 Å². The molecule has 0 amide bonds. The van der Waals surface area contributed by atoms with Crippen LogP contribution in [0.3, 0.4) is 0 Å². The predicted molar refractivity (Wildman–Crippen MR) is 125 cm³/mol. The van der Waals surface area contributed by atoms with Gasteiger partial charge in [-0.3, -0.25) is 4.98 Å². The van der Waals surface area contributed by atoms with Gasteiger partial charge in [0, 0.05) is 54.9 Å². The molecular formula is C23H28N8. The summed E-state index contributed by atoms with van der Waals surface area (Å²) >= 11 is 0. The zero-order valence-electron chi connectivity index (χ0n) is 18.3. The molecule has 8 heteroatoms. The topological polar surface area (TPSA) is 83.8 Å². The smallest absolute Gasteiger partial charge is 0.230 e. The highest BCUT2D eigenvalue weighted by atomic mass is 15.2. The van der Waals surface area contributed by atoms with Gasteiger partial charge in [0.25, 0.3) is 0 Å². The fourth-order valence-electron chi connectivity index (χ4n) is 4.16. The first-order chi connectivity index (χ1) is 15.1. The van der Waals surface area contributed by atoms with E-state index in [0.29, 0.717) is 5.95 Å². The van der Waals surface area contributed by atoms with Crippen molar-refractivity contribution in [3.63, 3.8) is 0 Å². The van der Waals surface area contributed by atoms with Crippen LogP contribution in [0.2, 0.25) is 0 Å². The molecular weight excluding hydrogens is 388 g/mol. The molecule has 0 unspecified atom stereocenters. The van der Waals surface area contributed by atoms with Gasteiger partial charge in [0.2, 0.25) is 5.95 Å². The Bertz CT molecular complexity index is 1210. The van der Waals surface area contributed by atoms with Crippen molar-refractivity contribution in [2.75, 3.05) is 36.4 Å². The molecule has 2 N–H and O–H groups in total. The first-order valence-corrected chi connectivity index (χ1v) is 10.9. The van der Waals surface area contributed by atoms with E-state index in [1.807, 2.05) is 36.9 Å². The summed E-state index contributed by atoms with van der Waals surface area (Å²) in [6, 6.07) is 6.12. The largest absolute Gasteiger partial charge is 0.368 e. The van der Waals surface area contributed by atoms with E-state index in [1.54, 1.807) is 0 Å². The lowest BCUT2D eigenvalue weighted by Gasteiger charge is -2.29. The van der Waals surface area contributed by atoms with Gasteiger partial charge in [-0.1, -0.05) is 6.92 Å². The van der Waals surface area contributed by atoms with E-state index >= 15 is 0 Å². The van der Waals surface area contributed by atoms with Crippen LogP contribution in [0.5, 0.6) is 0 Å². The molecule has 4 aromatic rings. The molecule has 0 spiro atoms. The van der Waals surface area contributed by atoms with Crippen LogP contribution in [0.4, 0.5) is 17.5 Å². The highest BCUT2D eigenvalue weighted by Gasteiger charge is 2.25. The van der Waals surface area contributed by atoms with Crippen molar-refractivity contribution < 1.29 is 0 Å². The molecule has 160 valence electrons. The fourth-order valence-corrected chi connectivity index (χ4v) is 4.16. The van der Waals surface area contributed by atoms with Crippen LogP contribution >= 0.6 is 0 Å².